The van der Waals surface area contributed by atoms with Crippen LogP contribution in [0.15, 0.2) is 30.6 Å². The molecule has 0 bridgehead atoms. The zero-order valence-corrected chi connectivity index (χ0v) is 18.2. The Morgan fingerprint density at radius 2 is 2.12 bits per heavy atom. The number of benzene rings is 1. The van der Waals surface area contributed by atoms with E-state index in [1.54, 1.807) is 29.0 Å². The van der Waals surface area contributed by atoms with Gasteiger partial charge in [-0.1, -0.05) is 11.6 Å². The molecule has 1 fully saturated rings. The number of nitrogens with zero attached hydrogens (tertiary/aromatic N) is 4. The van der Waals surface area contributed by atoms with E-state index in [-0.39, 0.29) is 17.4 Å². The van der Waals surface area contributed by atoms with E-state index >= 15 is 4.39 Å². The van der Waals surface area contributed by atoms with Crippen molar-refractivity contribution >= 4 is 45.4 Å². The van der Waals surface area contributed by atoms with Gasteiger partial charge in [0.05, 0.1) is 28.2 Å². The first-order chi connectivity index (χ1) is 15.4. The molecule has 0 saturated heterocycles. The summed E-state index contributed by atoms with van der Waals surface area (Å²) >= 11 is 6.55. The Kier molecular flexibility index (Phi) is 5.00. The summed E-state index contributed by atoms with van der Waals surface area (Å²) in [5.41, 5.74) is 2.86. The summed E-state index contributed by atoms with van der Waals surface area (Å²) in [4.78, 5) is 13.9. The molecule has 1 aromatic carbocycles. The molecule has 1 amide bonds. The van der Waals surface area contributed by atoms with Crippen molar-refractivity contribution in [2.45, 2.75) is 26.4 Å². The molecule has 3 aromatic heterocycles. The van der Waals surface area contributed by atoms with Crippen molar-refractivity contribution in [1.29, 1.82) is 0 Å². The second kappa shape index (κ2) is 7.74. The zero-order chi connectivity index (χ0) is 22.6. The Hall–Kier alpha value is -3.20. The topological polar surface area (TPSA) is 78.3 Å². The van der Waals surface area contributed by atoms with E-state index in [1.807, 2.05) is 24.8 Å². The van der Waals surface area contributed by atoms with Crippen molar-refractivity contribution in [2.24, 2.45) is 5.92 Å². The standard InChI is InChI=1S/C22H21ClF2N6O/c1-3-30(4-2)21-19(25)18(23)17(14-10-26-28-20(14)21)11-5-6-31-12(7-11)8-16(29-31)27-22(32)13-9-15(13)24/h5-8,10,13,15H,3-4,9H2,1-2H3,(H,26,28)(H,27,29,32). The van der Waals surface area contributed by atoms with Crippen LogP contribution in [-0.2, 0) is 4.79 Å². The smallest absolute Gasteiger partial charge is 0.231 e. The Bertz CT molecular complexity index is 1350. The summed E-state index contributed by atoms with van der Waals surface area (Å²) in [5.74, 6) is -1.16. The highest BCUT2D eigenvalue weighted by atomic mass is 35.5. The molecule has 2 unspecified atom stereocenters. The number of anilines is 2. The normalized spacial score (nSPS) is 17.8. The SMILES string of the molecule is CCN(CC)c1c(F)c(Cl)c(-c2ccn3nc(NC(=O)C4CC4F)cc3c2)c2cn[nH]c12. The van der Waals surface area contributed by atoms with Crippen molar-refractivity contribution in [1.82, 2.24) is 19.8 Å². The lowest BCUT2D eigenvalue weighted by molar-refractivity contribution is -0.117. The number of carbonyl (C=O) groups excluding carboxylic acids is 1. The number of H-pyrrole nitrogens is 1. The molecule has 1 saturated carbocycles. The maximum atomic E-state index is 15.4. The van der Waals surface area contributed by atoms with Crippen molar-refractivity contribution in [3.05, 3.63) is 41.4 Å². The largest absolute Gasteiger partial charge is 0.368 e. The van der Waals surface area contributed by atoms with E-state index in [0.717, 1.165) is 0 Å². The number of pyridine rings is 1. The molecule has 4 aromatic rings. The van der Waals surface area contributed by atoms with Crippen LogP contribution in [0.1, 0.15) is 20.3 Å². The minimum Gasteiger partial charge on any atom is -0.368 e. The molecule has 10 heteroatoms. The van der Waals surface area contributed by atoms with E-state index in [9.17, 15) is 9.18 Å². The van der Waals surface area contributed by atoms with E-state index in [4.69, 9.17) is 11.6 Å². The van der Waals surface area contributed by atoms with Crippen LogP contribution in [0.25, 0.3) is 27.5 Å². The highest BCUT2D eigenvalue weighted by molar-refractivity contribution is 6.36. The average molecular weight is 459 g/mol. The number of carbonyl (C=O) groups is 1. The van der Waals surface area contributed by atoms with Crippen molar-refractivity contribution < 1.29 is 13.6 Å². The van der Waals surface area contributed by atoms with Gasteiger partial charge >= 0.3 is 0 Å². The molecule has 0 radical (unpaired) electrons. The van der Waals surface area contributed by atoms with Crippen LogP contribution in [0.4, 0.5) is 20.3 Å². The second-order valence-electron chi connectivity index (χ2n) is 7.84. The fourth-order valence-electron chi connectivity index (χ4n) is 4.08. The second-order valence-corrected chi connectivity index (χ2v) is 8.22. The van der Waals surface area contributed by atoms with Gasteiger partial charge in [-0.15, -0.1) is 0 Å². The van der Waals surface area contributed by atoms with Crippen LogP contribution < -0.4 is 10.2 Å². The first kappa shape index (κ1) is 20.7. The third kappa shape index (κ3) is 3.28. The predicted octanol–water partition coefficient (Wildman–Crippen LogP) is 4.81. The number of hydrogen-bond acceptors (Lipinski definition) is 4. The molecule has 7 nitrogen and oxygen atoms in total. The summed E-state index contributed by atoms with van der Waals surface area (Å²) in [6.45, 7) is 5.15. The molecule has 2 atom stereocenters. The van der Waals surface area contributed by atoms with Crippen molar-refractivity contribution in [3.8, 4) is 11.1 Å². The molecule has 2 N–H and O–H groups in total. The Morgan fingerprint density at radius 3 is 2.81 bits per heavy atom. The van der Waals surface area contributed by atoms with Crippen LogP contribution in [0.3, 0.4) is 0 Å². The Balaban J connectivity index is 1.58. The molecule has 0 aliphatic heterocycles. The van der Waals surface area contributed by atoms with Gasteiger partial charge in [0.15, 0.2) is 11.6 Å². The number of alkyl halides is 1. The van der Waals surface area contributed by atoms with Crippen LogP contribution in [0.5, 0.6) is 0 Å². The van der Waals surface area contributed by atoms with Gasteiger partial charge in [0.2, 0.25) is 5.91 Å². The molecular weight excluding hydrogens is 438 g/mol. The lowest BCUT2D eigenvalue weighted by Crippen LogP contribution is -2.23. The third-order valence-electron chi connectivity index (χ3n) is 5.90. The van der Waals surface area contributed by atoms with Gasteiger partial charge in [-0.25, -0.2) is 13.3 Å². The number of amides is 1. The molecule has 32 heavy (non-hydrogen) atoms. The number of aromatic amines is 1. The van der Waals surface area contributed by atoms with Gasteiger partial charge < -0.3 is 10.2 Å². The molecule has 1 aliphatic rings. The maximum Gasteiger partial charge on any atom is 0.231 e. The lowest BCUT2D eigenvalue weighted by atomic mass is 10.0. The predicted molar refractivity (Wildman–Crippen MR) is 120 cm³/mol. The molecular formula is C22H21ClF2N6O. The fourth-order valence-corrected chi connectivity index (χ4v) is 4.38. The monoisotopic (exact) mass is 458 g/mol. The first-order valence-electron chi connectivity index (χ1n) is 10.5. The number of aromatic nitrogens is 4. The minimum absolute atomic E-state index is 0.0147. The molecule has 5 rings (SSSR count). The Labute approximate surface area is 187 Å². The van der Waals surface area contributed by atoms with E-state index in [1.165, 1.54) is 0 Å². The van der Waals surface area contributed by atoms with Crippen LogP contribution in [0.2, 0.25) is 5.02 Å². The van der Waals surface area contributed by atoms with Gasteiger partial charge in [-0.3, -0.25) is 9.89 Å². The van der Waals surface area contributed by atoms with Crippen molar-refractivity contribution in [2.75, 3.05) is 23.3 Å². The highest BCUT2D eigenvalue weighted by Gasteiger charge is 2.43. The van der Waals surface area contributed by atoms with Gasteiger partial charge in [0.25, 0.3) is 0 Å². The lowest BCUT2D eigenvalue weighted by Gasteiger charge is -2.24. The number of nitrogens with one attached hydrogen (secondary N) is 2. The van der Waals surface area contributed by atoms with Gasteiger partial charge in [-0.05, 0) is 38.0 Å². The van der Waals surface area contributed by atoms with Gasteiger partial charge in [0, 0.05) is 36.3 Å². The third-order valence-corrected chi connectivity index (χ3v) is 6.25. The Morgan fingerprint density at radius 1 is 1.38 bits per heavy atom. The van der Waals surface area contributed by atoms with Crippen LogP contribution >= 0.6 is 11.6 Å². The highest BCUT2D eigenvalue weighted by Crippen LogP contribution is 2.43. The van der Waals surface area contributed by atoms with Crippen LogP contribution in [-0.4, -0.2) is 45.0 Å². The van der Waals surface area contributed by atoms with E-state index in [0.29, 0.717) is 52.1 Å². The molecule has 166 valence electrons. The quantitative estimate of drug-likeness (QED) is 0.434. The summed E-state index contributed by atoms with van der Waals surface area (Å²) < 4.78 is 30.1. The number of rotatable bonds is 6. The molecule has 3 heterocycles. The van der Waals surface area contributed by atoms with Gasteiger partial charge in [-0.2, -0.15) is 10.2 Å². The average Bonchev–Trinajstić information content (AvgIpc) is 3.15. The van der Waals surface area contributed by atoms with Crippen LogP contribution in [0, 0.1) is 11.7 Å². The number of halogens is 3. The first-order valence-corrected chi connectivity index (χ1v) is 10.8. The zero-order valence-electron chi connectivity index (χ0n) is 17.5. The summed E-state index contributed by atoms with van der Waals surface area (Å²) in [5, 5.41) is 14.7. The molecule has 0 spiro atoms. The number of hydrogen-bond donors (Lipinski definition) is 2. The fraction of sp³-hybridized carbons (Fsp3) is 0.318. The summed E-state index contributed by atoms with van der Waals surface area (Å²) in [6, 6.07) is 5.26. The minimum atomic E-state index is -1.08. The maximum absolute atomic E-state index is 15.4. The van der Waals surface area contributed by atoms with Crippen molar-refractivity contribution in [3.63, 3.8) is 0 Å². The van der Waals surface area contributed by atoms with E-state index < -0.39 is 17.9 Å². The van der Waals surface area contributed by atoms with E-state index in [2.05, 4.69) is 20.6 Å². The summed E-state index contributed by atoms with van der Waals surface area (Å²) in [6.07, 6.45) is 2.51. The molecule has 1 aliphatic carbocycles. The number of fused-ring (bicyclic) bond motifs is 2. The summed E-state index contributed by atoms with van der Waals surface area (Å²) in [7, 11) is 0. The van der Waals surface area contributed by atoms with Gasteiger partial charge in [0.1, 0.15) is 11.9 Å².